The van der Waals surface area contributed by atoms with E-state index in [0.717, 1.165) is 7.14 Å². The van der Waals surface area contributed by atoms with E-state index in [1.54, 1.807) is 24.3 Å². The quantitative estimate of drug-likeness (QED) is 0.0787. The fourth-order valence-electron chi connectivity index (χ4n) is 2.23. The lowest BCUT2D eigenvalue weighted by Crippen LogP contribution is -3.61. The lowest BCUT2D eigenvalue weighted by molar-refractivity contribution is -0.598. The van der Waals surface area contributed by atoms with E-state index in [0.29, 0.717) is 0 Å². The smallest absolute Gasteiger partial charge is 0.358 e. The van der Waals surface area contributed by atoms with Crippen LogP contribution in [0.15, 0.2) is 53.4 Å². The molecule has 34 heavy (non-hydrogen) atoms. The number of non-ortho nitro benzene ring substituents is 2. The molecule has 0 aliphatic carbocycles. The zero-order chi connectivity index (χ0) is 25.8. The summed E-state index contributed by atoms with van der Waals surface area (Å²) in [6, 6.07) is 12.8. The van der Waals surface area contributed by atoms with Crippen molar-refractivity contribution in [2.24, 2.45) is 0 Å². The van der Waals surface area contributed by atoms with Gasteiger partial charge in [0.1, 0.15) is 15.0 Å². The minimum absolute atomic E-state index is 0.0441. The maximum absolute atomic E-state index is 12.6. The molecule has 3 rings (SSSR count). The Hall–Kier alpha value is -3.25. The Morgan fingerprint density at radius 2 is 1.03 bits per heavy atom. The molecule has 0 unspecified atom stereocenters. The molecule has 0 radical (unpaired) electrons. The van der Waals surface area contributed by atoms with E-state index >= 15 is 0 Å². The molecule has 16 heteroatoms. The average molecular weight is 618 g/mol. The summed E-state index contributed by atoms with van der Waals surface area (Å²) in [5.74, 6) is -12.8. The minimum atomic E-state index is -5.77. The summed E-state index contributed by atoms with van der Waals surface area (Å²) in [4.78, 5) is 18.1. The molecule has 0 saturated heterocycles. The summed E-state index contributed by atoms with van der Waals surface area (Å²) in [5, 5.41) is 21.4. The SMILES string of the molecule is O=S(=O)([O-])c1c(F)c(F)c(F)c(F)c1F.O=[N+]([O-])c1cccc([I+]c2cccc([N+](=O)[O-])c2)c1. The van der Waals surface area contributed by atoms with Gasteiger partial charge in [0.15, 0.2) is 23.3 Å². The Kier molecular flexibility index (Phi) is 8.56. The normalized spacial score (nSPS) is 10.9. The Balaban J connectivity index is 0.000000248. The molecule has 9 nitrogen and oxygen atoms in total. The highest BCUT2D eigenvalue weighted by atomic mass is 127. The Morgan fingerprint density at radius 1 is 0.676 bits per heavy atom. The van der Waals surface area contributed by atoms with Gasteiger partial charge in [-0.25, -0.2) is 30.4 Å². The number of rotatable bonds is 5. The summed E-state index contributed by atoms with van der Waals surface area (Å²) in [7, 11) is -5.77. The maximum Gasteiger partial charge on any atom is 0.358 e. The molecule has 0 aromatic heterocycles. The van der Waals surface area contributed by atoms with E-state index in [1.807, 2.05) is 0 Å². The minimum Gasteiger partial charge on any atom is -0.744 e. The van der Waals surface area contributed by atoms with Gasteiger partial charge in [-0.3, -0.25) is 20.2 Å². The summed E-state index contributed by atoms with van der Waals surface area (Å²) in [6.07, 6.45) is 0. The highest BCUT2D eigenvalue weighted by molar-refractivity contribution is 7.85. The molecule has 0 bridgehead atoms. The fraction of sp³-hybridized carbons (Fsp3) is 0. The molecule has 0 heterocycles. The lowest BCUT2D eigenvalue weighted by Gasteiger charge is -2.10. The number of nitro groups is 2. The van der Waals surface area contributed by atoms with Crippen LogP contribution in [0.25, 0.3) is 0 Å². The van der Waals surface area contributed by atoms with Crippen LogP contribution in [0.5, 0.6) is 0 Å². The van der Waals surface area contributed by atoms with E-state index in [9.17, 15) is 55.2 Å². The van der Waals surface area contributed by atoms with Crippen molar-refractivity contribution < 1.29 is 66.0 Å². The second-order valence-electron chi connectivity index (χ2n) is 5.92. The van der Waals surface area contributed by atoms with Crippen molar-refractivity contribution in [3.05, 3.63) is 105 Å². The van der Waals surface area contributed by atoms with Crippen LogP contribution in [-0.2, 0) is 10.1 Å². The van der Waals surface area contributed by atoms with Crippen molar-refractivity contribution >= 4 is 21.5 Å². The van der Waals surface area contributed by atoms with Crippen LogP contribution in [0.1, 0.15) is 0 Å². The highest BCUT2D eigenvalue weighted by Crippen LogP contribution is 2.26. The van der Waals surface area contributed by atoms with Gasteiger partial charge in [-0.1, -0.05) is 12.1 Å². The average Bonchev–Trinajstić information content (AvgIpc) is 2.76. The number of halogens is 6. The van der Waals surface area contributed by atoms with Crippen LogP contribution in [-0.4, -0.2) is 22.8 Å². The number of hydrogen-bond acceptors (Lipinski definition) is 7. The van der Waals surface area contributed by atoms with Gasteiger partial charge in [0.2, 0.25) is 13.0 Å². The Morgan fingerprint density at radius 3 is 1.35 bits per heavy atom. The highest BCUT2D eigenvalue weighted by Gasteiger charge is 2.29. The van der Waals surface area contributed by atoms with Gasteiger partial charge in [0.05, 0.1) is 22.0 Å². The van der Waals surface area contributed by atoms with Crippen LogP contribution >= 0.6 is 0 Å². The molecule has 180 valence electrons. The van der Waals surface area contributed by atoms with Crippen molar-refractivity contribution in [2.45, 2.75) is 4.90 Å². The standard InChI is InChI=1S/C12H8IN2O4.C6HF5O3S/c16-14(17)11-5-1-3-9(7-11)13-10-4-2-6-12(8-10)15(18)19;7-1-2(8)4(10)6(15(12,13)14)5(11)3(1)9/h1-8H;(H,12,13,14)/q+1;/p-1. The third-order valence-electron chi connectivity index (χ3n) is 3.68. The molecule has 0 fully saturated rings. The number of benzene rings is 3. The first-order chi connectivity index (χ1) is 15.7. The molecule has 0 saturated carbocycles. The first-order valence-corrected chi connectivity index (χ1v) is 11.9. The third kappa shape index (κ3) is 6.41. The fourth-order valence-corrected chi connectivity index (χ4v) is 5.29. The molecule has 0 aliphatic rings. The first kappa shape index (κ1) is 27.0. The van der Waals surface area contributed by atoms with E-state index in [4.69, 9.17) is 0 Å². The maximum atomic E-state index is 12.6. The monoisotopic (exact) mass is 618 g/mol. The third-order valence-corrected chi connectivity index (χ3v) is 7.12. The van der Waals surface area contributed by atoms with E-state index < -0.39 is 75.2 Å². The number of nitrogens with zero attached hydrogens (tertiary/aromatic N) is 2. The van der Waals surface area contributed by atoms with Gasteiger partial charge in [0.25, 0.3) is 11.4 Å². The van der Waals surface area contributed by atoms with Crippen LogP contribution in [0.2, 0.25) is 0 Å². The molecule has 0 atom stereocenters. The van der Waals surface area contributed by atoms with Gasteiger partial charge in [-0.2, -0.15) is 0 Å². The second kappa shape index (κ2) is 10.8. The lowest BCUT2D eigenvalue weighted by atomic mass is 10.3. The van der Waals surface area contributed by atoms with Crippen molar-refractivity contribution in [3.63, 3.8) is 0 Å². The topological polar surface area (TPSA) is 143 Å². The van der Waals surface area contributed by atoms with Gasteiger partial charge in [0, 0.05) is 12.1 Å². The molecule has 0 N–H and O–H groups in total. The molecule has 0 spiro atoms. The van der Waals surface area contributed by atoms with Crippen molar-refractivity contribution in [3.8, 4) is 0 Å². The second-order valence-corrected chi connectivity index (χ2v) is 10.3. The first-order valence-electron chi connectivity index (χ1n) is 8.35. The molecule has 0 aliphatic heterocycles. The Labute approximate surface area is 197 Å². The van der Waals surface area contributed by atoms with E-state index in [-0.39, 0.29) is 11.4 Å². The van der Waals surface area contributed by atoms with E-state index in [1.165, 1.54) is 24.3 Å². The van der Waals surface area contributed by atoms with Crippen LogP contribution in [0.4, 0.5) is 33.3 Å². The molecule has 0 amide bonds. The Bertz CT molecular complexity index is 1300. The molecule has 3 aromatic carbocycles. The summed E-state index contributed by atoms with van der Waals surface area (Å²) in [6.45, 7) is 0. The van der Waals surface area contributed by atoms with Crippen LogP contribution in [0, 0.1) is 56.5 Å². The summed E-state index contributed by atoms with van der Waals surface area (Å²) in [5.41, 5.74) is 0.0882. The van der Waals surface area contributed by atoms with Gasteiger partial charge < -0.3 is 4.55 Å². The molecular weight excluding hydrogens is 610 g/mol. The predicted octanol–water partition coefficient (Wildman–Crippen LogP) is 0.918. The van der Waals surface area contributed by atoms with Gasteiger partial charge in [-0.15, -0.1) is 0 Å². The van der Waals surface area contributed by atoms with Gasteiger partial charge >= 0.3 is 21.2 Å². The summed E-state index contributed by atoms with van der Waals surface area (Å²) >= 11 is -0.665. The van der Waals surface area contributed by atoms with Crippen molar-refractivity contribution in [2.75, 3.05) is 0 Å². The zero-order valence-electron chi connectivity index (χ0n) is 16.0. The van der Waals surface area contributed by atoms with E-state index in [2.05, 4.69) is 0 Å². The number of nitro benzene ring substituents is 2. The van der Waals surface area contributed by atoms with Crippen molar-refractivity contribution in [1.82, 2.24) is 0 Å². The molecular formula is C18H8F5IN2O7S. The zero-order valence-corrected chi connectivity index (χ0v) is 19.0. The van der Waals surface area contributed by atoms with Crippen molar-refractivity contribution in [1.29, 1.82) is 0 Å². The van der Waals surface area contributed by atoms with Crippen LogP contribution < -0.4 is 21.2 Å². The number of hydrogen-bond donors (Lipinski definition) is 0. The van der Waals surface area contributed by atoms with Gasteiger partial charge in [-0.05, 0) is 12.1 Å². The predicted molar refractivity (Wildman–Crippen MR) is 97.8 cm³/mol. The molecule has 3 aromatic rings. The van der Waals surface area contributed by atoms with Crippen LogP contribution in [0.3, 0.4) is 0 Å². The summed E-state index contributed by atoms with van der Waals surface area (Å²) < 4.78 is 94.6. The largest absolute Gasteiger partial charge is 0.744 e.